The van der Waals surface area contributed by atoms with Crippen LogP contribution in [0.2, 0.25) is 0 Å². The maximum absolute atomic E-state index is 13.2. The van der Waals surface area contributed by atoms with Crippen LogP contribution in [0.25, 0.3) is 38.8 Å². The number of halogens is 1. The Morgan fingerprint density at radius 2 is 1.21 bits per heavy atom. The minimum absolute atomic E-state index is 0.234. The third-order valence-electron chi connectivity index (χ3n) is 5.75. The maximum atomic E-state index is 13.2. The summed E-state index contributed by atoms with van der Waals surface area (Å²) in [5.74, 6) is 0.900. The van der Waals surface area contributed by atoms with Gasteiger partial charge in [0, 0.05) is 5.56 Å². The van der Waals surface area contributed by atoms with Gasteiger partial charge < -0.3 is 10.5 Å². The second-order valence-electron chi connectivity index (χ2n) is 7.85. The third-order valence-corrected chi connectivity index (χ3v) is 5.75. The quantitative estimate of drug-likeness (QED) is 0.226. The molecule has 0 aromatic heterocycles. The van der Waals surface area contributed by atoms with Crippen LogP contribution in [0.5, 0.6) is 5.75 Å². The van der Waals surface area contributed by atoms with Gasteiger partial charge in [-0.2, -0.15) is 0 Å². The first kappa shape index (κ1) is 20.5. The van der Waals surface area contributed by atoms with Crippen molar-refractivity contribution in [3.8, 4) is 28.0 Å². The van der Waals surface area contributed by atoms with Gasteiger partial charge in [-0.3, -0.25) is 0 Å². The normalized spacial score (nSPS) is 10.8. The Bertz CT molecular complexity index is 1450. The van der Waals surface area contributed by atoms with E-state index in [9.17, 15) is 4.39 Å². The van der Waals surface area contributed by atoms with E-state index in [1.54, 1.807) is 18.2 Å². The van der Waals surface area contributed by atoms with Crippen molar-refractivity contribution in [2.75, 3.05) is 5.73 Å². The number of para-hydroxylation sites is 2. The fourth-order valence-electron chi connectivity index (χ4n) is 4.04. The number of nitrogen functional groups attached to an aromatic ring is 1. The highest BCUT2D eigenvalue weighted by Crippen LogP contribution is 2.35. The van der Waals surface area contributed by atoms with E-state index in [4.69, 9.17) is 10.5 Å². The topological polar surface area (TPSA) is 35.2 Å². The average molecular weight is 432 g/mol. The average Bonchev–Trinajstić information content (AvgIpc) is 2.85. The smallest absolute Gasteiger partial charge is 0.150 e. The Morgan fingerprint density at radius 3 is 1.91 bits per heavy atom. The lowest BCUT2D eigenvalue weighted by Gasteiger charge is -2.15. The fraction of sp³-hybridized carbons (Fsp3) is 0. The van der Waals surface area contributed by atoms with Crippen LogP contribution in [0.15, 0.2) is 116 Å². The van der Waals surface area contributed by atoms with Crippen molar-refractivity contribution in [1.29, 1.82) is 0 Å². The van der Waals surface area contributed by atoms with Gasteiger partial charge in [-0.05, 0) is 63.4 Å². The van der Waals surface area contributed by atoms with Crippen molar-refractivity contribution in [3.05, 3.63) is 127 Å². The Kier molecular flexibility index (Phi) is 5.37. The predicted molar refractivity (Wildman–Crippen MR) is 135 cm³/mol. The molecule has 0 aliphatic carbocycles. The predicted octanol–water partition coefficient (Wildman–Crippen LogP) is 7.94. The van der Waals surface area contributed by atoms with Gasteiger partial charge in [-0.25, -0.2) is 4.39 Å². The molecule has 33 heavy (non-hydrogen) atoms. The molecule has 0 heterocycles. The van der Waals surface area contributed by atoms with Crippen molar-refractivity contribution in [2.45, 2.75) is 0 Å². The minimum atomic E-state index is -0.234. The van der Waals surface area contributed by atoms with Gasteiger partial charge in [-0.15, -0.1) is 0 Å². The highest BCUT2D eigenvalue weighted by molar-refractivity contribution is 6.02. The molecule has 0 unspecified atom stereocenters. The van der Waals surface area contributed by atoms with Crippen LogP contribution in [0.1, 0.15) is 5.56 Å². The van der Waals surface area contributed by atoms with Crippen LogP contribution < -0.4 is 10.5 Å². The van der Waals surface area contributed by atoms with E-state index in [2.05, 4.69) is 49.0 Å². The van der Waals surface area contributed by atoms with Crippen molar-refractivity contribution in [2.24, 2.45) is 0 Å². The number of benzene rings is 5. The number of fused-ring (bicyclic) bond motifs is 1. The van der Waals surface area contributed by atoms with Crippen LogP contribution in [-0.2, 0) is 0 Å². The lowest BCUT2D eigenvalue weighted by atomic mass is 9.93. The molecule has 0 aliphatic rings. The molecule has 0 spiro atoms. The molecule has 0 amide bonds. The van der Waals surface area contributed by atoms with E-state index < -0.39 is 0 Å². The second-order valence-corrected chi connectivity index (χ2v) is 7.85. The number of rotatable bonds is 5. The maximum Gasteiger partial charge on any atom is 0.150 e. The molecular weight excluding hydrogens is 409 g/mol. The molecule has 0 saturated heterocycles. The number of hydrogen-bond acceptors (Lipinski definition) is 2. The third kappa shape index (κ3) is 4.09. The van der Waals surface area contributed by atoms with Crippen molar-refractivity contribution < 1.29 is 9.13 Å². The van der Waals surface area contributed by atoms with E-state index in [0.717, 1.165) is 38.6 Å². The summed E-state index contributed by atoms with van der Waals surface area (Å²) in [5, 5.41) is 2.16. The van der Waals surface area contributed by atoms with Gasteiger partial charge in [0.25, 0.3) is 0 Å². The Balaban J connectivity index is 1.51. The molecule has 0 atom stereocenters. The summed E-state index contributed by atoms with van der Waals surface area (Å²) in [6.45, 7) is 4.16. The zero-order valence-electron chi connectivity index (χ0n) is 18.0. The summed E-state index contributed by atoms with van der Waals surface area (Å²) in [5.41, 5.74) is 11.8. The monoisotopic (exact) mass is 431 g/mol. The van der Waals surface area contributed by atoms with Crippen LogP contribution in [0, 0.1) is 5.82 Å². The Labute approximate surface area is 192 Å². The highest BCUT2D eigenvalue weighted by Gasteiger charge is 2.12. The van der Waals surface area contributed by atoms with Crippen LogP contribution >= 0.6 is 0 Å². The highest BCUT2D eigenvalue weighted by atomic mass is 19.1. The van der Waals surface area contributed by atoms with Gasteiger partial charge in [0.05, 0.1) is 5.69 Å². The molecule has 2 nitrogen and oxygen atoms in total. The minimum Gasteiger partial charge on any atom is -0.455 e. The summed E-state index contributed by atoms with van der Waals surface area (Å²) >= 11 is 0. The zero-order chi connectivity index (χ0) is 22.8. The van der Waals surface area contributed by atoms with E-state index in [1.165, 1.54) is 12.1 Å². The SMILES string of the molecule is C=C(Oc1ccccc1N)c1ccc(-c2ccc(-c3ccc(F)cc3)cc2)c2ccccc12. The molecule has 160 valence electrons. The first-order valence-corrected chi connectivity index (χ1v) is 10.7. The zero-order valence-corrected chi connectivity index (χ0v) is 18.0. The van der Waals surface area contributed by atoms with Crippen LogP contribution in [0.3, 0.4) is 0 Å². The lowest BCUT2D eigenvalue weighted by Crippen LogP contribution is -1.98. The van der Waals surface area contributed by atoms with Crippen molar-refractivity contribution >= 4 is 22.2 Å². The molecule has 0 radical (unpaired) electrons. The van der Waals surface area contributed by atoms with E-state index in [0.29, 0.717) is 17.2 Å². The Hall–Kier alpha value is -4.37. The molecule has 5 aromatic rings. The van der Waals surface area contributed by atoms with Gasteiger partial charge in [-0.1, -0.05) is 85.4 Å². The molecule has 5 aromatic carbocycles. The molecule has 0 saturated carbocycles. The molecule has 3 heteroatoms. The summed E-state index contributed by atoms with van der Waals surface area (Å²) in [6.07, 6.45) is 0. The van der Waals surface area contributed by atoms with Gasteiger partial charge in [0.1, 0.15) is 17.3 Å². The lowest BCUT2D eigenvalue weighted by molar-refractivity contribution is 0.520. The summed E-state index contributed by atoms with van der Waals surface area (Å²) in [4.78, 5) is 0. The molecule has 0 bridgehead atoms. The van der Waals surface area contributed by atoms with Gasteiger partial charge in [0.15, 0.2) is 0 Å². The number of nitrogens with two attached hydrogens (primary N) is 1. The van der Waals surface area contributed by atoms with E-state index in [1.807, 2.05) is 36.4 Å². The first-order valence-electron chi connectivity index (χ1n) is 10.7. The summed E-state index contributed by atoms with van der Waals surface area (Å²) in [6, 6.07) is 34.6. The summed E-state index contributed by atoms with van der Waals surface area (Å²) in [7, 11) is 0. The first-order chi connectivity index (χ1) is 16.1. The molecule has 0 fully saturated rings. The van der Waals surface area contributed by atoms with Gasteiger partial charge >= 0.3 is 0 Å². The second kappa shape index (κ2) is 8.64. The Morgan fingerprint density at radius 1 is 0.636 bits per heavy atom. The van der Waals surface area contributed by atoms with Crippen LogP contribution in [0.4, 0.5) is 10.1 Å². The molecule has 2 N–H and O–H groups in total. The molecular formula is C30H22FNO. The number of hydrogen-bond donors (Lipinski definition) is 1. The molecule has 5 rings (SSSR count). The number of ether oxygens (including phenoxy) is 1. The van der Waals surface area contributed by atoms with Crippen LogP contribution in [-0.4, -0.2) is 0 Å². The largest absolute Gasteiger partial charge is 0.455 e. The standard InChI is InChI=1S/C30H22FNO/c1-20(33-30-9-5-4-8-29(30)32)25-18-19-26(28-7-3-2-6-27(25)28)23-12-10-21(11-13-23)22-14-16-24(31)17-15-22/h2-19H,1,32H2. The van der Waals surface area contributed by atoms with Crippen molar-refractivity contribution in [3.63, 3.8) is 0 Å². The molecule has 0 aliphatic heterocycles. The number of anilines is 1. The van der Waals surface area contributed by atoms with Crippen molar-refractivity contribution in [1.82, 2.24) is 0 Å². The van der Waals surface area contributed by atoms with E-state index >= 15 is 0 Å². The van der Waals surface area contributed by atoms with Gasteiger partial charge in [0.2, 0.25) is 0 Å². The summed E-state index contributed by atoms with van der Waals surface area (Å²) < 4.78 is 19.3. The van der Waals surface area contributed by atoms with E-state index in [-0.39, 0.29) is 5.82 Å². The fourth-order valence-corrected chi connectivity index (χ4v) is 4.04.